The van der Waals surface area contributed by atoms with Crippen LogP contribution in [0.4, 0.5) is 24.5 Å². The summed E-state index contributed by atoms with van der Waals surface area (Å²) >= 11 is 1.46. The summed E-state index contributed by atoms with van der Waals surface area (Å²) in [6, 6.07) is 21.3. The number of hydrogen-bond donors (Lipinski definition) is 1. The monoisotopic (exact) mass is 529 g/mol. The molecule has 0 aromatic heterocycles. The number of hydrogen-bond acceptors (Lipinski definition) is 5. The number of fused-ring (bicyclic) bond motifs is 2. The van der Waals surface area contributed by atoms with E-state index in [0.717, 1.165) is 27.1 Å². The molecule has 1 heterocycles. The molecule has 3 aromatic rings. The molecule has 1 N–H and O–H groups in total. The molecule has 0 saturated heterocycles. The summed E-state index contributed by atoms with van der Waals surface area (Å²) in [4.78, 5) is 20.1. The van der Waals surface area contributed by atoms with Crippen LogP contribution in [0.15, 0.2) is 82.6 Å². The van der Waals surface area contributed by atoms with Crippen molar-refractivity contribution in [2.75, 3.05) is 44.7 Å². The fourth-order valence-corrected chi connectivity index (χ4v) is 5.44. The minimum absolute atomic E-state index is 0.0582. The quantitative estimate of drug-likeness (QED) is 0.368. The van der Waals surface area contributed by atoms with Gasteiger partial charge >= 0.3 is 6.18 Å². The van der Waals surface area contributed by atoms with E-state index in [4.69, 9.17) is 0 Å². The Morgan fingerprint density at radius 3 is 2.38 bits per heavy atom. The second-order valence-corrected chi connectivity index (χ2v) is 10.1. The molecule has 0 aliphatic carbocycles. The molecule has 9 heteroatoms. The summed E-state index contributed by atoms with van der Waals surface area (Å²) in [6.07, 6.45) is -3.82. The van der Waals surface area contributed by atoms with Gasteiger partial charge < -0.3 is 14.9 Å². The third kappa shape index (κ3) is 6.85. The van der Waals surface area contributed by atoms with E-state index in [1.807, 2.05) is 64.4 Å². The van der Waals surface area contributed by atoms with Gasteiger partial charge in [-0.2, -0.15) is 13.2 Å². The molecule has 4 rings (SSSR count). The zero-order valence-electron chi connectivity index (χ0n) is 20.6. The van der Waals surface area contributed by atoms with Crippen LogP contribution in [0.25, 0.3) is 0 Å². The van der Waals surface area contributed by atoms with Crippen LogP contribution in [0.5, 0.6) is 0 Å². The molecule has 1 aliphatic rings. The number of aliphatic hydroxyl groups is 1. The van der Waals surface area contributed by atoms with E-state index in [0.29, 0.717) is 38.3 Å². The second kappa shape index (κ2) is 12.0. The van der Waals surface area contributed by atoms with E-state index in [2.05, 4.69) is 0 Å². The second-order valence-electron chi connectivity index (χ2n) is 8.99. The summed E-state index contributed by atoms with van der Waals surface area (Å²) in [5.74, 6) is -0.0582. The summed E-state index contributed by atoms with van der Waals surface area (Å²) in [5.41, 5.74) is 1.76. The summed E-state index contributed by atoms with van der Waals surface area (Å²) in [6.45, 7) is 1.90. The number of amides is 1. The van der Waals surface area contributed by atoms with Gasteiger partial charge in [0.2, 0.25) is 5.91 Å². The number of anilines is 2. The van der Waals surface area contributed by atoms with Gasteiger partial charge in [0.05, 0.1) is 30.1 Å². The minimum Gasteiger partial charge on any atom is -0.395 e. The molecular formula is C28H30F3N3O2S. The number of carbonyl (C=O) groups excluding carboxylic acids is 1. The van der Waals surface area contributed by atoms with Crippen LogP contribution in [0.2, 0.25) is 0 Å². The third-order valence-electron chi connectivity index (χ3n) is 6.27. The lowest BCUT2D eigenvalue weighted by Gasteiger charge is -2.34. The lowest BCUT2D eigenvalue weighted by molar-refractivity contribution is -0.137. The first-order valence-electron chi connectivity index (χ1n) is 12.1. The maximum Gasteiger partial charge on any atom is 0.416 e. The summed E-state index contributed by atoms with van der Waals surface area (Å²) in [5, 5.41) is 9.55. The number of nitrogens with zero attached hydrogens (tertiary/aromatic N) is 3. The van der Waals surface area contributed by atoms with E-state index < -0.39 is 11.7 Å². The Kier molecular flexibility index (Phi) is 8.79. The van der Waals surface area contributed by atoms with Gasteiger partial charge in [0.15, 0.2) is 0 Å². The molecule has 0 saturated carbocycles. The SMILES string of the molecule is CN(Cc1ccccc1)C(=O)CN(CCO)CCCN1c2ccccc2Sc2ccc(C(F)(F)F)cc21. The van der Waals surface area contributed by atoms with Crippen molar-refractivity contribution in [1.82, 2.24) is 9.80 Å². The molecule has 1 amide bonds. The van der Waals surface area contributed by atoms with Crippen LogP contribution < -0.4 is 4.90 Å². The molecule has 1 aliphatic heterocycles. The highest BCUT2D eigenvalue weighted by atomic mass is 32.2. The highest BCUT2D eigenvalue weighted by molar-refractivity contribution is 7.99. The van der Waals surface area contributed by atoms with Gasteiger partial charge in [-0.25, -0.2) is 0 Å². The molecular weight excluding hydrogens is 499 g/mol. The molecule has 37 heavy (non-hydrogen) atoms. The molecule has 0 radical (unpaired) electrons. The number of halogens is 3. The molecule has 0 unspecified atom stereocenters. The first-order chi connectivity index (χ1) is 17.8. The Hall–Kier alpha value is -3.01. The van der Waals surface area contributed by atoms with Gasteiger partial charge in [-0.15, -0.1) is 0 Å². The summed E-state index contributed by atoms with van der Waals surface area (Å²) in [7, 11) is 1.75. The van der Waals surface area contributed by atoms with E-state index in [1.54, 1.807) is 11.9 Å². The Morgan fingerprint density at radius 1 is 0.946 bits per heavy atom. The van der Waals surface area contributed by atoms with Crippen molar-refractivity contribution in [3.05, 3.63) is 83.9 Å². The van der Waals surface area contributed by atoms with Gasteiger partial charge in [0.25, 0.3) is 0 Å². The number of aliphatic hydroxyl groups excluding tert-OH is 1. The van der Waals surface area contributed by atoms with Crippen LogP contribution in [-0.2, 0) is 17.5 Å². The molecule has 196 valence electrons. The average molecular weight is 530 g/mol. The highest BCUT2D eigenvalue weighted by Gasteiger charge is 2.33. The van der Waals surface area contributed by atoms with Crippen molar-refractivity contribution in [2.45, 2.75) is 28.9 Å². The lowest BCUT2D eigenvalue weighted by Crippen LogP contribution is -2.40. The van der Waals surface area contributed by atoms with E-state index in [1.165, 1.54) is 23.9 Å². The van der Waals surface area contributed by atoms with Crippen LogP contribution in [0.1, 0.15) is 17.5 Å². The molecule has 0 bridgehead atoms. The fraction of sp³-hybridized carbons (Fsp3) is 0.321. The number of alkyl halides is 3. The Labute approximate surface area is 219 Å². The maximum absolute atomic E-state index is 13.5. The smallest absolute Gasteiger partial charge is 0.395 e. The number of benzene rings is 3. The van der Waals surface area contributed by atoms with Crippen molar-refractivity contribution in [3.8, 4) is 0 Å². The molecule has 5 nitrogen and oxygen atoms in total. The Morgan fingerprint density at radius 2 is 1.65 bits per heavy atom. The van der Waals surface area contributed by atoms with Crippen LogP contribution in [0, 0.1) is 0 Å². The first kappa shape index (κ1) is 27.0. The van der Waals surface area contributed by atoms with Gasteiger partial charge in [0, 0.05) is 43.0 Å². The topological polar surface area (TPSA) is 47.0 Å². The molecule has 0 atom stereocenters. The molecule has 0 spiro atoms. The van der Waals surface area contributed by atoms with Crippen molar-refractivity contribution in [2.24, 2.45) is 0 Å². The third-order valence-corrected chi connectivity index (χ3v) is 7.40. The van der Waals surface area contributed by atoms with Gasteiger partial charge in [0.1, 0.15) is 0 Å². The van der Waals surface area contributed by atoms with Gasteiger partial charge in [-0.1, -0.05) is 54.2 Å². The highest BCUT2D eigenvalue weighted by Crippen LogP contribution is 2.49. The molecule has 3 aromatic carbocycles. The fourth-order valence-electron chi connectivity index (χ4n) is 4.37. The normalized spacial score (nSPS) is 12.9. The maximum atomic E-state index is 13.5. The van der Waals surface area contributed by atoms with Crippen LogP contribution >= 0.6 is 11.8 Å². The van der Waals surface area contributed by atoms with Gasteiger partial charge in [-0.3, -0.25) is 9.69 Å². The number of para-hydroxylation sites is 1. The lowest BCUT2D eigenvalue weighted by atomic mass is 10.1. The number of carbonyl (C=O) groups is 1. The Bertz CT molecular complexity index is 1210. The zero-order chi connectivity index (χ0) is 26.4. The van der Waals surface area contributed by atoms with Crippen LogP contribution in [-0.4, -0.2) is 60.6 Å². The predicted octanol–water partition coefficient (Wildman–Crippen LogP) is 5.65. The minimum atomic E-state index is -4.42. The largest absolute Gasteiger partial charge is 0.416 e. The van der Waals surface area contributed by atoms with E-state index in [-0.39, 0.29) is 19.1 Å². The van der Waals surface area contributed by atoms with E-state index in [9.17, 15) is 23.1 Å². The number of rotatable bonds is 10. The Balaban J connectivity index is 1.44. The van der Waals surface area contributed by atoms with Gasteiger partial charge in [-0.05, 0) is 42.3 Å². The first-order valence-corrected chi connectivity index (χ1v) is 12.9. The number of likely N-dealkylation sites (N-methyl/N-ethyl adjacent to an activating group) is 1. The van der Waals surface area contributed by atoms with Crippen molar-refractivity contribution >= 4 is 29.0 Å². The average Bonchev–Trinajstić information content (AvgIpc) is 2.88. The van der Waals surface area contributed by atoms with Crippen molar-refractivity contribution in [1.29, 1.82) is 0 Å². The zero-order valence-corrected chi connectivity index (χ0v) is 21.4. The standard InChI is InChI=1S/C28H30F3N3O2S/c1-32(19-21-8-3-2-4-9-21)27(36)20-33(16-17-35)14-7-15-34-23-10-5-6-11-25(23)37-26-13-12-22(18-24(26)34)28(29,30)31/h2-6,8-13,18,35H,7,14-17,19-20H2,1H3. The summed E-state index contributed by atoms with van der Waals surface area (Å²) < 4.78 is 40.4. The van der Waals surface area contributed by atoms with Crippen molar-refractivity contribution in [3.63, 3.8) is 0 Å². The predicted molar refractivity (Wildman–Crippen MR) is 140 cm³/mol. The van der Waals surface area contributed by atoms with E-state index >= 15 is 0 Å². The molecule has 0 fully saturated rings. The van der Waals surface area contributed by atoms with Crippen molar-refractivity contribution < 1.29 is 23.1 Å². The van der Waals surface area contributed by atoms with Crippen LogP contribution in [0.3, 0.4) is 0 Å².